The van der Waals surface area contributed by atoms with Gasteiger partial charge >= 0.3 is 0 Å². The maximum Gasteiger partial charge on any atom is 0.119 e. The second-order valence-corrected chi connectivity index (χ2v) is 4.48. The van der Waals surface area contributed by atoms with Gasteiger partial charge in [0.15, 0.2) is 0 Å². The summed E-state index contributed by atoms with van der Waals surface area (Å²) in [5.41, 5.74) is 1.16. The third-order valence-electron chi connectivity index (χ3n) is 2.71. The summed E-state index contributed by atoms with van der Waals surface area (Å²) in [6, 6.07) is 20.2. The molecule has 0 aliphatic carbocycles. The molecule has 0 amide bonds. The van der Waals surface area contributed by atoms with Crippen molar-refractivity contribution in [2.45, 2.75) is 6.92 Å². The summed E-state index contributed by atoms with van der Waals surface area (Å²) in [6.45, 7) is 3.82. The van der Waals surface area contributed by atoms with Crippen molar-refractivity contribution in [3.63, 3.8) is 0 Å². The number of rotatable bonds is 6. The van der Waals surface area contributed by atoms with E-state index in [0.29, 0.717) is 5.92 Å². The first-order chi connectivity index (χ1) is 8.84. The molecule has 0 saturated carbocycles. The van der Waals surface area contributed by atoms with Gasteiger partial charge in [0.25, 0.3) is 0 Å². The van der Waals surface area contributed by atoms with Crippen molar-refractivity contribution < 1.29 is 4.74 Å². The molecule has 18 heavy (non-hydrogen) atoms. The smallest absolute Gasteiger partial charge is 0.119 e. The van der Waals surface area contributed by atoms with Gasteiger partial charge in [-0.2, -0.15) is 0 Å². The number of nitrogens with one attached hydrogen (secondary N) is 1. The molecule has 0 heterocycles. The minimum absolute atomic E-state index is 0.463. The molecule has 0 fully saturated rings. The van der Waals surface area contributed by atoms with Gasteiger partial charge in [0.05, 0.1) is 6.61 Å². The van der Waals surface area contributed by atoms with Gasteiger partial charge in [-0.3, -0.25) is 0 Å². The van der Waals surface area contributed by atoms with Crippen LogP contribution in [0.3, 0.4) is 0 Å². The van der Waals surface area contributed by atoms with Gasteiger partial charge in [0.1, 0.15) is 5.75 Å². The van der Waals surface area contributed by atoms with E-state index in [4.69, 9.17) is 4.74 Å². The van der Waals surface area contributed by atoms with Crippen LogP contribution in [0, 0.1) is 5.92 Å². The number of benzene rings is 2. The van der Waals surface area contributed by atoms with Gasteiger partial charge in [0, 0.05) is 18.2 Å². The second kappa shape index (κ2) is 6.70. The van der Waals surface area contributed by atoms with Crippen molar-refractivity contribution in [3.8, 4) is 5.75 Å². The number of anilines is 1. The highest BCUT2D eigenvalue weighted by Gasteiger charge is 2.03. The van der Waals surface area contributed by atoms with E-state index in [0.717, 1.165) is 24.6 Å². The zero-order chi connectivity index (χ0) is 12.6. The summed E-state index contributed by atoms with van der Waals surface area (Å²) < 4.78 is 5.72. The summed E-state index contributed by atoms with van der Waals surface area (Å²) in [6.07, 6.45) is 0. The average molecular weight is 241 g/mol. The Hall–Kier alpha value is -1.96. The minimum atomic E-state index is 0.463. The van der Waals surface area contributed by atoms with Crippen molar-refractivity contribution in [2.24, 2.45) is 5.92 Å². The van der Waals surface area contributed by atoms with E-state index in [1.807, 2.05) is 48.5 Å². The van der Waals surface area contributed by atoms with Gasteiger partial charge in [-0.1, -0.05) is 43.3 Å². The zero-order valence-corrected chi connectivity index (χ0v) is 10.7. The molecule has 0 spiro atoms. The van der Waals surface area contributed by atoms with Gasteiger partial charge in [-0.25, -0.2) is 0 Å². The van der Waals surface area contributed by atoms with E-state index < -0.39 is 0 Å². The molecule has 0 radical (unpaired) electrons. The molecule has 1 atom stereocenters. The average Bonchev–Trinajstić information content (AvgIpc) is 2.45. The number of hydrogen-bond donors (Lipinski definition) is 1. The lowest BCUT2D eigenvalue weighted by atomic mass is 10.2. The van der Waals surface area contributed by atoms with Gasteiger partial charge < -0.3 is 10.1 Å². The SMILES string of the molecule is CC(CNc1ccccc1)COc1ccccc1. The largest absolute Gasteiger partial charge is 0.493 e. The Bertz CT molecular complexity index is 398. The molecule has 0 aliphatic heterocycles. The second-order valence-electron chi connectivity index (χ2n) is 4.48. The summed E-state index contributed by atoms with van der Waals surface area (Å²) in [5, 5.41) is 3.40. The van der Waals surface area contributed by atoms with Crippen LogP contribution in [0.2, 0.25) is 0 Å². The summed E-state index contributed by atoms with van der Waals surface area (Å²) in [4.78, 5) is 0. The van der Waals surface area contributed by atoms with E-state index in [1.165, 1.54) is 0 Å². The molecule has 0 bridgehead atoms. The van der Waals surface area contributed by atoms with Crippen molar-refractivity contribution in [1.82, 2.24) is 0 Å². The van der Waals surface area contributed by atoms with Crippen LogP contribution in [0.1, 0.15) is 6.92 Å². The number of para-hydroxylation sites is 2. The monoisotopic (exact) mass is 241 g/mol. The number of ether oxygens (including phenoxy) is 1. The van der Waals surface area contributed by atoms with Crippen LogP contribution in [0.4, 0.5) is 5.69 Å². The van der Waals surface area contributed by atoms with E-state index in [9.17, 15) is 0 Å². The van der Waals surface area contributed by atoms with Crippen molar-refractivity contribution in [2.75, 3.05) is 18.5 Å². The predicted molar refractivity (Wildman–Crippen MR) is 76.0 cm³/mol. The first-order valence-corrected chi connectivity index (χ1v) is 6.31. The zero-order valence-electron chi connectivity index (χ0n) is 10.7. The highest BCUT2D eigenvalue weighted by molar-refractivity contribution is 5.42. The van der Waals surface area contributed by atoms with Gasteiger partial charge in [0.2, 0.25) is 0 Å². The Labute approximate surface area is 109 Å². The summed E-state index contributed by atoms with van der Waals surface area (Å²) in [7, 11) is 0. The summed E-state index contributed by atoms with van der Waals surface area (Å²) in [5.74, 6) is 1.40. The Balaban J connectivity index is 1.71. The lowest BCUT2D eigenvalue weighted by molar-refractivity contribution is 0.267. The van der Waals surface area contributed by atoms with Crippen molar-refractivity contribution >= 4 is 5.69 Å². The summed E-state index contributed by atoms with van der Waals surface area (Å²) >= 11 is 0. The van der Waals surface area contributed by atoms with Gasteiger partial charge in [-0.15, -0.1) is 0 Å². The Kier molecular flexibility index (Phi) is 4.65. The third-order valence-corrected chi connectivity index (χ3v) is 2.71. The molecular weight excluding hydrogens is 222 g/mol. The standard InChI is InChI=1S/C16H19NO/c1-14(12-17-15-8-4-2-5-9-15)13-18-16-10-6-3-7-11-16/h2-11,14,17H,12-13H2,1H3. The molecule has 0 aromatic heterocycles. The van der Waals surface area contributed by atoms with Gasteiger partial charge in [-0.05, 0) is 24.3 Å². The van der Waals surface area contributed by atoms with Crippen molar-refractivity contribution in [3.05, 3.63) is 60.7 Å². The highest BCUT2D eigenvalue weighted by atomic mass is 16.5. The first kappa shape index (κ1) is 12.5. The van der Waals surface area contributed by atoms with E-state index >= 15 is 0 Å². The van der Waals surface area contributed by atoms with E-state index in [2.05, 4.69) is 24.4 Å². The fraction of sp³-hybridized carbons (Fsp3) is 0.250. The molecule has 0 aliphatic rings. The van der Waals surface area contributed by atoms with Crippen LogP contribution in [0.5, 0.6) is 5.75 Å². The lowest BCUT2D eigenvalue weighted by Gasteiger charge is -2.14. The maximum absolute atomic E-state index is 5.72. The van der Waals surface area contributed by atoms with Crippen LogP contribution in [0.25, 0.3) is 0 Å². The Morgan fingerprint density at radius 2 is 1.56 bits per heavy atom. The normalized spacial score (nSPS) is 11.8. The molecule has 1 N–H and O–H groups in total. The molecule has 94 valence electrons. The molecule has 2 rings (SSSR count). The molecule has 2 aromatic carbocycles. The van der Waals surface area contributed by atoms with Crippen LogP contribution >= 0.6 is 0 Å². The fourth-order valence-electron chi connectivity index (χ4n) is 1.66. The molecular formula is C16H19NO. The predicted octanol–water partition coefficient (Wildman–Crippen LogP) is 3.81. The molecule has 0 saturated heterocycles. The van der Waals surface area contributed by atoms with Crippen LogP contribution < -0.4 is 10.1 Å². The Morgan fingerprint density at radius 1 is 0.944 bits per heavy atom. The number of hydrogen-bond acceptors (Lipinski definition) is 2. The quantitative estimate of drug-likeness (QED) is 0.830. The molecule has 2 aromatic rings. The third kappa shape index (κ3) is 4.13. The molecule has 1 unspecified atom stereocenters. The van der Waals surface area contributed by atoms with E-state index in [-0.39, 0.29) is 0 Å². The van der Waals surface area contributed by atoms with Crippen LogP contribution in [-0.2, 0) is 0 Å². The highest BCUT2D eigenvalue weighted by Crippen LogP contribution is 2.11. The van der Waals surface area contributed by atoms with Crippen molar-refractivity contribution in [1.29, 1.82) is 0 Å². The first-order valence-electron chi connectivity index (χ1n) is 6.31. The fourth-order valence-corrected chi connectivity index (χ4v) is 1.66. The minimum Gasteiger partial charge on any atom is -0.493 e. The molecule has 2 heteroatoms. The lowest BCUT2D eigenvalue weighted by Crippen LogP contribution is -2.18. The van der Waals surface area contributed by atoms with E-state index in [1.54, 1.807) is 0 Å². The Morgan fingerprint density at radius 3 is 2.22 bits per heavy atom. The topological polar surface area (TPSA) is 21.3 Å². The molecule has 2 nitrogen and oxygen atoms in total. The maximum atomic E-state index is 5.72. The van der Waals surface area contributed by atoms with Crippen LogP contribution in [-0.4, -0.2) is 13.2 Å². The van der Waals surface area contributed by atoms with Crippen LogP contribution in [0.15, 0.2) is 60.7 Å².